The van der Waals surface area contributed by atoms with Crippen molar-refractivity contribution in [3.8, 4) is 23.6 Å². The highest BCUT2D eigenvalue weighted by molar-refractivity contribution is 6.09. The number of anilines is 1. The number of aromatic nitrogens is 1. The molecule has 1 aromatic heterocycles. The normalized spacial score (nSPS) is 13.8. The average Bonchev–Trinajstić information content (AvgIpc) is 2.95. The first kappa shape index (κ1) is 20.0. The number of fused-ring (bicyclic) bond motifs is 1. The first-order chi connectivity index (χ1) is 14.0. The lowest BCUT2D eigenvalue weighted by Crippen LogP contribution is -2.04. The number of nitrogen functional groups attached to an aromatic ring is 1. The topological polar surface area (TPSA) is 105 Å². The predicted octanol–water partition coefficient (Wildman–Crippen LogP) is 4.49. The van der Waals surface area contributed by atoms with E-state index in [9.17, 15) is 10.5 Å². The molecule has 146 valence electrons. The van der Waals surface area contributed by atoms with E-state index in [1.54, 1.807) is 0 Å². The Hall–Kier alpha value is -3.77. The smallest absolute Gasteiger partial charge is 0.142 e. The Morgan fingerprint density at radius 2 is 1.83 bits per heavy atom. The Morgan fingerprint density at radius 3 is 2.45 bits per heavy atom. The number of ether oxygens (including phenoxy) is 2. The Bertz CT molecular complexity index is 1130. The molecule has 0 fully saturated rings. The van der Waals surface area contributed by atoms with Gasteiger partial charge in [0.05, 0.1) is 30.0 Å². The average molecular weight is 386 g/mol. The van der Waals surface area contributed by atoms with E-state index < -0.39 is 0 Å². The largest absolute Gasteiger partial charge is 0.494 e. The van der Waals surface area contributed by atoms with Gasteiger partial charge in [0.15, 0.2) is 0 Å². The summed E-state index contributed by atoms with van der Waals surface area (Å²) in [6.45, 7) is 8.63. The van der Waals surface area contributed by atoms with Crippen LogP contribution in [0.15, 0.2) is 23.8 Å². The van der Waals surface area contributed by atoms with Crippen molar-refractivity contribution in [2.24, 2.45) is 0 Å². The van der Waals surface area contributed by atoms with Crippen LogP contribution >= 0.6 is 0 Å². The molecular weight excluding hydrogens is 364 g/mol. The van der Waals surface area contributed by atoms with Crippen molar-refractivity contribution in [2.45, 2.75) is 27.7 Å². The van der Waals surface area contributed by atoms with E-state index in [2.05, 4.69) is 17.1 Å². The van der Waals surface area contributed by atoms with E-state index >= 15 is 0 Å². The van der Waals surface area contributed by atoms with Gasteiger partial charge in [0.2, 0.25) is 0 Å². The molecule has 6 heteroatoms. The van der Waals surface area contributed by atoms with Crippen LogP contribution in [0.2, 0.25) is 0 Å². The molecule has 0 radical (unpaired) electrons. The Labute approximate surface area is 170 Å². The van der Waals surface area contributed by atoms with E-state index in [4.69, 9.17) is 15.2 Å². The third-order valence-electron chi connectivity index (χ3n) is 4.88. The zero-order chi connectivity index (χ0) is 21.1. The number of nitriles is 2. The molecule has 2 aromatic rings. The standard InChI is InChI=1S/C23H22N4O2/c1-5-28-16-8-7-15(20(10-16)29-6-2)9-17-13(3)18(11-24)22-21(17)14(4)19(12-25)23(26)27-22/h7-10H,5-6H2,1-4H3,(H2,26,27). The first-order valence-corrected chi connectivity index (χ1v) is 9.40. The minimum Gasteiger partial charge on any atom is -0.494 e. The van der Waals surface area contributed by atoms with Crippen molar-refractivity contribution < 1.29 is 9.47 Å². The molecule has 0 amide bonds. The molecule has 1 aromatic carbocycles. The highest BCUT2D eigenvalue weighted by Crippen LogP contribution is 2.45. The zero-order valence-electron chi connectivity index (χ0n) is 17.0. The van der Waals surface area contributed by atoms with Crippen LogP contribution < -0.4 is 15.2 Å². The number of rotatable bonds is 5. The molecular formula is C23H22N4O2. The molecule has 0 aliphatic heterocycles. The minimum atomic E-state index is 0.140. The van der Waals surface area contributed by atoms with Gasteiger partial charge in [-0.05, 0) is 62.6 Å². The van der Waals surface area contributed by atoms with Crippen molar-refractivity contribution in [1.29, 1.82) is 10.5 Å². The molecule has 0 saturated heterocycles. The number of hydrogen-bond acceptors (Lipinski definition) is 6. The molecule has 0 bridgehead atoms. The summed E-state index contributed by atoms with van der Waals surface area (Å²) in [5, 5.41) is 19.2. The molecule has 29 heavy (non-hydrogen) atoms. The Balaban J connectivity index is 2.26. The van der Waals surface area contributed by atoms with Crippen LogP contribution in [0.5, 0.6) is 11.5 Å². The summed E-state index contributed by atoms with van der Waals surface area (Å²) in [5.41, 5.74) is 11.2. The van der Waals surface area contributed by atoms with E-state index in [-0.39, 0.29) is 5.82 Å². The molecule has 0 atom stereocenters. The van der Waals surface area contributed by atoms with Crippen molar-refractivity contribution in [1.82, 2.24) is 4.98 Å². The van der Waals surface area contributed by atoms with Gasteiger partial charge in [0.1, 0.15) is 29.5 Å². The maximum absolute atomic E-state index is 9.69. The molecule has 1 aliphatic rings. The lowest BCUT2D eigenvalue weighted by Gasteiger charge is -2.13. The number of nitrogens with zero attached hydrogens (tertiary/aromatic N) is 3. The monoisotopic (exact) mass is 386 g/mol. The molecule has 0 saturated carbocycles. The zero-order valence-corrected chi connectivity index (χ0v) is 17.0. The molecule has 2 N–H and O–H groups in total. The molecule has 1 aliphatic carbocycles. The van der Waals surface area contributed by atoms with Gasteiger partial charge in [-0.1, -0.05) is 0 Å². The second-order valence-electron chi connectivity index (χ2n) is 6.57. The van der Waals surface area contributed by atoms with Crippen molar-refractivity contribution in [3.63, 3.8) is 0 Å². The lowest BCUT2D eigenvalue weighted by atomic mass is 9.95. The fourth-order valence-corrected chi connectivity index (χ4v) is 3.52. The summed E-state index contributed by atoms with van der Waals surface area (Å²) >= 11 is 0. The van der Waals surface area contributed by atoms with E-state index in [1.165, 1.54) is 0 Å². The lowest BCUT2D eigenvalue weighted by molar-refractivity contribution is 0.322. The minimum absolute atomic E-state index is 0.140. The summed E-state index contributed by atoms with van der Waals surface area (Å²) in [6, 6.07) is 10.0. The van der Waals surface area contributed by atoms with E-state index in [0.29, 0.717) is 35.8 Å². The van der Waals surface area contributed by atoms with Gasteiger partial charge in [0, 0.05) is 17.2 Å². The van der Waals surface area contributed by atoms with Gasteiger partial charge in [-0.25, -0.2) is 4.98 Å². The molecule has 6 nitrogen and oxygen atoms in total. The third-order valence-corrected chi connectivity index (χ3v) is 4.88. The van der Waals surface area contributed by atoms with Gasteiger partial charge < -0.3 is 15.2 Å². The summed E-state index contributed by atoms with van der Waals surface area (Å²) < 4.78 is 11.4. The van der Waals surface area contributed by atoms with Gasteiger partial charge >= 0.3 is 0 Å². The van der Waals surface area contributed by atoms with Gasteiger partial charge in [0.25, 0.3) is 0 Å². The van der Waals surface area contributed by atoms with Crippen LogP contribution in [0.25, 0.3) is 17.2 Å². The highest BCUT2D eigenvalue weighted by atomic mass is 16.5. The van der Waals surface area contributed by atoms with Crippen LogP contribution in [-0.4, -0.2) is 18.2 Å². The molecule has 0 unspecified atom stereocenters. The molecule has 3 rings (SSSR count). The number of benzene rings is 1. The first-order valence-electron chi connectivity index (χ1n) is 9.40. The van der Waals surface area contributed by atoms with Gasteiger partial charge in [-0.15, -0.1) is 0 Å². The number of nitrogens with two attached hydrogens (primary N) is 1. The van der Waals surface area contributed by atoms with Crippen LogP contribution in [0, 0.1) is 29.6 Å². The van der Waals surface area contributed by atoms with Crippen molar-refractivity contribution >= 4 is 23.0 Å². The maximum Gasteiger partial charge on any atom is 0.142 e. The molecule has 0 spiro atoms. The maximum atomic E-state index is 9.69. The van der Waals surface area contributed by atoms with E-state index in [1.807, 2.05) is 52.0 Å². The van der Waals surface area contributed by atoms with Crippen molar-refractivity contribution in [2.75, 3.05) is 18.9 Å². The second-order valence-corrected chi connectivity index (χ2v) is 6.57. The third kappa shape index (κ3) is 3.41. The Kier molecular flexibility index (Phi) is 5.57. The summed E-state index contributed by atoms with van der Waals surface area (Å²) in [4.78, 5) is 4.36. The van der Waals surface area contributed by atoms with Gasteiger partial charge in [-0.3, -0.25) is 0 Å². The van der Waals surface area contributed by atoms with Gasteiger partial charge in [-0.2, -0.15) is 10.5 Å². The van der Waals surface area contributed by atoms with Crippen LogP contribution in [0.3, 0.4) is 0 Å². The quantitative estimate of drug-likeness (QED) is 0.811. The molecule has 1 heterocycles. The van der Waals surface area contributed by atoms with Crippen LogP contribution in [0.1, 0.15) is 48.7 Å². The number of hydrogen-bond donors (Lipinski definition) is 1. The highest BCUT2D eigenvalue weighted by Gasteiger charge is 2.29. The Morgan fingerprint density at radius 1 is 1.10 bits per heavy atom. The van der Waals surface area contributed by atoms with Crippen molar-refractivity contribution in [3.05, 3.63) is 51.7 Å². The number of pyridine rings is 1. The van der Waals surface area contributed by atoms with E-state index in [0.717, 1.165) is 33.6 Å². The second kappa shape index (κ2) is 8.08. The van der Waals surface area contributed by atoms with Crippen LogP contribution in [-0.2, 0) is 0 Å². The predicted molar refractivity (Wildman–Crippen MR) is 113 cm³/mol. The summed E-state index contributed by atoms with van der Waals surface area (Å²) in [7, 11) is 0. The fourth-order valence-electron chi connectivity index (χ4n) is 3.52. The summed E-state index contributed by atoms with van der Waals surface area (Å²) in [6.07, 6.45) is 1.96. The van der Waals surface area contributed by atoms with Crippen LogP contribution in [0.4, 0.5) is 5.82 Å². The SMILES string of the molecule is CCOc1ccc(C=C2C(C)=C(C#N)c3nc(N)c(C#N)c(C)c32)c(OCC)c1. The summed E-state index contributed by atoms with van der Waals surface area (Å²) in [5.74, 6) is 1.56. The fraction of sp³-hybridized carbons (Fsp3) is 0.261. The number of allylic oxidation sites excluding steroid dienone is 3.